The molecule has 0 aromatic rings. The minimum Gasteiger partial charge on any atom is -1.00 e. The van der Waals surface area contributed by atoms with Crippen LogP contribution in [-0.2, 0) is 28.5 Å². The Bertz CT molecular complexity index is 577. The quantitative estimate of drug-likeness (QED) is 0.242. The van der Waals surface area contributed by atoms with E-state index in [2.05, 4.69) is 26.3 Å². The normalized spacial score (nSPS) is 28.6. The third kappa shape index (κ3) is 10.7. The number of aliphatic hydroxyl groups is 2. The predicted molar refractivity (Wildman–Crippen MR) is 117 cm³/mol. The third-order valence-corrected chi connectivity index (χ3v) is 4.22. The summed E-state index contributed by atoms with van der Waals surface area (Å²) in [6.45, 7) is 23.6. The van der Waals surface area contributed by atoms with Crippen molar-refractivity contribution in [3.8, 4) is 0 Å². The van der Waals surface area contributed by atoms with E-state index in [0.717, 1.165) is 0 Å². The van der Waals surface area contributed by atoms with Crippen LogP contribution in [0.5, 0.6) is 0 Å². The molecule has 2 heterocycles. The van der Waals surface area contributed by atoms with Crippen LogP contribution in [0.4, 0.5) is 0 Å². The fourth-order valence-corrected chi connectivity index (χ4v) is 2.97. The maximum atomic E-state index is 11.1. The van der Waals surface area contributed by atoms with Crippen molar-refractivity contribution >= 4 is 34.6 Å². The van der Waals surface area contributed by atoms with Gasteiger partial charge < -0.3 is 52.7 Å². The molecular weight excluding hydrogens is 496 g/mol. The standard InChI is InChI=1S/C11H18O4.C9H14O4.C2H3.BrH.Mg/c1-5-7(12)9-10(8(13)6-2)15-11(3,4)14-9;1-5(10)7-8(6(2)11)13-9(3,4)12-7;1-2;;/h5-10,12-13H,1-2H2,3-4H3;7-8H,1-4H3;1H,2H2;1H;/q;;-1;;+2/p-1/t7-,8-,9-,10?;7-,8?;;;/m00.../s1. The van der Waals surface area contributed by atoms with Crippen LogP contribution in [0.1, 0.15) is 41.5 Å². The number of hydrogen-bond acceptors (Lipinski definition) is 8. The van der Waals surface area contributed by atoms with Crippen molar-refractivity contribution in [1.82, 2.24) is 0 Å². The average Bonchev–Trinajstić information content (AvgIpc) is 3.18. The van der Waals surface area contributed by atoms with Crippen molar-refractivity contribution < 1.29 is 55.7 Å². The summed E-state index contributed by atoms with van der Waals surface area (Å²) >= 11 is 0. The number of rotatable bonds is 6. The Morgan fingerprint density at radius 2 is 1.06 bits per heavy atom. The van der Waals surface area contributed by atoms with Gasteiger partial charge in [-0.15, -0.1) is 13.2 Å². The van der Waals surface area contributed by atoms with Gasteiger partial charge in [-0.2, -0.15) is 0 Å². The largest absolute Gasteiger partial charge is 2.00 e. The number of aliphatic hydroxyl groups excluding tert-OH is 2. The van der Waals surface area contributed by atoms with Gasteiger partial charge in [0.2, 0.25) is 0 Å². The molecule has 10 heteroatoms. The van der Waals surface area contributed by atoms with Gasteiger partial charge in [-0.1, -0.05) is 12.2 Å². The van der Waals surface area contributed by atoms with Crippen LogP contribution in [-0.4, -0.2) is 93.0 Å². The van der Waals surface area contributed by atoms with Crippen LogP contribution < -0.4 is 17.0 Å². The van der Waals surface area contributed by atoms with E-state index in [4.69, 9.17) is 18.9 Å². The number of carbonyl (C=O) groups excluding carboxylic acids is 2. The number of halogens is 1. The molecule has 0 amide bonds. The van der Waals surface area contributed by atoms with Crippen LogP contribution in [0.15, 0.2) is 31.9 Å². The SMILES string of the molecule is C=C[C@H](O)C1OC(C)(C)O[C@H]1[C@@H](O)C=C.CC(=O)C1OC(C)(C)O[C@H]1C(C)=O.[Br-].[CH-]=C.[Mg+2]. The van der Waals surface area contributed by atoms with Gasteiger partial charge in [0.25, 0.3) is 0 Å². The second-order valence-corrected chi connectivity index (χ2v) is 7.72. The molecule has 180 valence electrons. The van der Waals surface area contributed by atoms with Crippen molar-refractivity contribution in [2.75, 3.05) is 0 Å². The zero-order chi connectivity index (χ0) is 23.9. The number of hydrogen-bond donors (Lipinski definition) is 2. The molecule has 2 fully saturated rings. The van der Waals surface area contributed by atoms with Gasteiger partial charge in [0, 0.05) is 0 Å². The van der Waals surface area contributed by atoms with Crippen molar-refractivity contribution in [2.45, 2.75) is 89.7 Å². The van der Waals surface area contributed by atoms with Crippen LogP contribution >= 0.6 is 0 Å². The molecule has 0 aromatic carbocycles. The summed E-state index contributed by atoms with van der Waals surface area (Å²) < 4.78 is 21.6. The maximum Gasteiger partial charge on any atom is 2.00 e. The molecule has 2 N–H and O–H groups in total. The van der Waals surface area contributed by atoms with Gasteiger partial charge >= 0.3 is 23.1 Å². The Kier molecular flexibility index (Phi) is 17.5. The second-order valence-electron chi connectivity index (χ2n) is 7.72. The molecule has 0 aliphatic carbocycles. The maximum absolute atomic E-state index is 11.1. The van der Waals surface area contributed by atoms with Crippen molar-refractivity contribution in [3.63, 3.8) is 0 Å². The Balaban J connectivity index is -0.000000464. The van der Waals surface area contributed by atoms with Gasteiger partial charge in [-0.3, -0.25) is 16.2 Å². The van der Waals surface area contributed by atoms with E-state index in [-0.39, 0.29) is 51.6 Å². The Labute approximate surface area is 217 Å². The fraction of sp³-hybridized carbons (Fsp3) is 0.636. The number of ketones is 2. The van der Waals surface area contributed by atoms with Crippen LogP contribution in [0.25, 0.3) is 0 Å². The minimum atomic E-state index is -0.869. The van der Waals surface area contributed by atoms with E-state index in [1.807, 2.05) is 0 Å². The molecule has 0 bridgehead atoms. The average molecular weight is 532 g/mol. The molecule has 32 heavy (non-hydrogen) atoms. The molecule has 0 aromatic heterocycles. The minimum absolute atomic E-state index is 0. The second kappa shape index (κ2) is 15.5. The van der Waals surface area contributed by atoms with E-state index in [0.29, 0.717) is 0 Å². The molecule has 0 spiro atoms. The molecule has 6 atom stereocenters. The smallest absolute Gasteiger partial charge is 1.00 e. The Morgan fingerprint density at radius 1 is 0.812 bits per heavy atom. The summed E-state index contributed by atoms with van der Waals surface area (Å²) in [4.78, 5) is 22.2. The van der Waals surface area contributed by atoms with E-state index in [1.54, 1.807) is 27.7 Å². The van der Waals surface area contributed by atoms with Gasteiger partial charge in [-0.25, -0.2) is 0 Å². The summed E-state index contributed by atoms with van der Waals surface area (Å²) in [6, 6.07) is 0. The topological polar surface area (TPSA) is 112 Å². The molecule has 0 saturated carbocycles. The zero-order valence-corrected chi connectivity index (χ0v) is 22.7. The number of ether oxygens (including phenoxy) is 4. The fourth-order valence-electron chi connectivity index (χ4n) is 2.97. The van der Waals surface area contributed by atoms with Crippen molar-refractivity contribution in [2.24, 2.45) is 0 Å². The van der Waals surface area contributed by atoms with E-state index < -0.39 is 48.2 Å². The van der Waals surface area contributed by atoms with Crippen LogP contribution in [0.2, 0.25) is 0 Å². The molecule has 2 aliphatic rings. The molecule has 0 radical (unpaired) electrons. The molecule has 8 nitrogen and oxygen atoms in total. The molecule has 2 rings (SSSR count). The first-order valence-corrected chi connectivity index (χ1v) is 9.49. The Morgan fingerprint density at radius 3 is 1.28 bits per heavy atom. The molecule has 2 aliphatic heterocycles. The summed E-state index contributed by atoms with van der Waals surface area (Å²) in [5.41, 5.74) is 0. The van der Waals surface area contributed by atoms with Crippen molar-refractivity contribution in [1.29, 1.82) is 0 Å². The summed E-state index contributed by atoms with van der Waals surface area (Å²) in [5, 5.41) is 19.3. The summed E-state index contributed by atoms with van der Waals surface area (Å²) in [7, 11) is 0. The van der Waals surface area contributed by atoms with Crippen LogP contribution in [0.3, 0.4) is 0 Å². The predicted octanol–water partition coefficient (Wildman–Crippen LogP) is -1.49. The first-order chi connectivity index (χ1) is 13.7. The first-order valence-electron chi connectivity index (χ1n) is 9.49. The van der Waals surface area contributed by atoms with Gasteiger partial charge in [0.1, 0.15) is 24.4 Å². The van der Waals surface area contributed by atoms with Crippen LogP contribution in [0, 0.1) is 6.58 Å². The molecule has 2 unspecified atom stereocenters. The van der Waals surface area contributed by atoms with Gasteiger partial charge in [0.15, 0.2) is 35.3 Å². The monoisotopic (exact) mass is 530 g/mol. The zero-order valence-electron chi connectivity index (χ0n) is 19.7. The van der Waals surface area contributed by atoms with Crippen molar-refractivity contribution in [3.05, 3.63) is 38.5 Å². The number of carbonyl (C=O) groups is 2. The molecule has 2 saturated heterocycles. The third-order valence-electron chi connectivity index (χ3n) is 4.22. The summed E-state index contributed by atoms with van der Waals surface area (Å²) in [6.07, 6.45) is -1.75. The summed E-state index contributed by atoms with van der Waals surface area (Å²) in [5.74, 6) is -2.01. The van der Waals surface area contributed by atoms with E-state index in [1.165, 1.54) is 26.0 Å². The van der Waals surface area contributed by atoms with E-state index in [9.17, 15) is 19.8 Å². The number of Topliss-reactive ketones (excluding diaryl/α,β-unsaturated/α-hetero) is 2. The first kappa shape index (κ1) is 36.1. The van der Waals surface area contributed by atoms with Gasteiger partial charge in [-0.05, 0) is 41.5 Å². The van der Waals surface area contributed by atoms with E-state index >= 15 is 0 Å². The Hall–Kier alpha value is -0.434. The molecular formula is C22H35BrMgO8. The van der Waals surface area contributed by atoms with Gasteiger partial charge in [0.05, 0.1) is 0 Å².